The second kappa shape index (κ2) is 6.58. The minimum Gasteiger partial charge on any atom is -0.477 e. The maximum atomic E-state index is 12.5. The number of hydrogen-bond donors (Lipinski definition) is 1. The van der Waals surface area contributed by atoms with E-state index < -0.39 is 5.97 Å². The van der Waals surface area contributed by atoms with Crippen LogP contribution in [0.5, 0.6) is 0 Å². The van der Waals surface area contributed by atoms with Crippen molar-refractivity contribution in [3.05, 3.63) is 21.4 Å². The summed E-state index contributed by atoms with van der Waals surface area (Å²) >= 11 is 1.05. The van der Waals surface area contributed by atoms with Crippen LogP contribution in [0.2, 0.25) is 0 Å². The van der Waals surface area contributed by atoms with Gasteiger partial charge in [-0.3, -0.25) is 4.79 Å². The van der Waals surface area contributed by atoms with E-state index in [-0.39, 0.29) is 16.8 Å². The van der Waals surface area contributed by atoms with E-state index in [1.165, 1.54) is 0 Å². The zero-order valence-electron chi connectivity index (χ0n) is 12.6. The summed E-state index contributed by atoms with van der Waals surface area (Å²) in [5.41, 5.74) is 0.642. The van der Waals surface area contributed by atoms with Gasteiger partial charge in [0.05, 0.1) is 4.88 Å². The van der Waals surface area contributed by atoms with Crippen LogP contribution in [0.25, 0.3) is 0 Å². The summed E-state index contributed by atoms with van der Waals surface area (Å²) in [7, 11) is 1.79. The molecule has 1 aliphatic rings. The summed E-state index contributed by atoms with van der Waals surface area (Å²) in [5, 5.41) is 9.08. The quantitative estimate of drug-likeness (QED) is 0.928. The summed E-state index contributed by atoms with van der Waals surface area (Å²) in [6.07, 6.45) is 1.92. The van der Waals surface area contributed by atoms with Crippen LogP contribution in [-0.2, 0) is 4.74 Å². The van der Waals surface area contributed by atoms with E-state index in [2.05, 4.69) is 0 Å². The molecule has 1 amide bonds. The second-order valence-electron chi connectivity index (χ2n) is 5.53. The minimum absolute atomic E-state index is 0.102. The minimum atomic E-state index is -0.975. The standard InChI is InChI=1S/C15H21NO4S/c1-9-8-12(21-13(9)15(18)19)14(17)16(3)10(2)11-4-6-20-7-5-11/h8,10-11H,4-7H2,1-3H3,(H,18,19). The van der Waals surface area contributed by atoms with Crippen molar-refractivity contribution < 1.29 is 19.4 Å². The number of ether oxygens (including phenoxy) is 1. The first kappa shape index (κ1) is 16.0. The molecular formula is C15H21NO4S. The highest BCUT2D eigenvalue weighted by Gasteiger charge is 2.28. The number of amides is 1. The van der Waals surface area contributed by atoms with Gasteiger partial charge in [0.1, 0.15) is 4.88 Å². The molecule has 21 heavy (non-hydrogen) atoms. The van der Waals surface area contributed by atoms with Gasteiger partial charge >= 0.3 is 5.97 Å². The number of hydrogen-bond acceptors (Lipinski definition) is 4. The molecule has 0 aromatic carbocycles. The number of aryl methyl sites for hydroxylation is 1. The van der Waals surface area contributed by atoms with Gasteiger partial charge in [0.25, 0.3) is 5.91 Å². The molecule has 1 aromatic heterocycles. The van der Waals surface area contributed by atoms with Gasteiger partial charge in [0, 0.05) is 26.3 Å². The van der Waals surface area contributed by atoms with E-state index in [0.717, 1.165) is 37.4 Å². The Morgan fingerprint density at radius 2 is 2.05 bits per heavy atom. The Bertz CT molecular complexity index is 534. The summed E-state index contributed by atoms with van der Waals surface area (Å²) < 4.78 is 5.35. The van der Waals surface area contributed by atoms with E-state index >= 15 is 0 Å². The number of carboxylic acid groups (broad SMARTS) is 1. The van der Waals surface area contributed by atoms with Crippen LogP contribution in [0.3, 0.4) is 0 Å². The maximum Gasteiger partial charge on any atom is 0.346 e. The first-order valence-electron chi connectivity index (χ1n) is 7.10. The van der Waals surface area contributed by atoms with E-state index in [9.17, 15) is 9.59 Å². The van der Waals surface area contributed by atoms with Crippen molar-refractivity contribution in [1.82, 2.24) is 4.90 Å². The molecule has 1 fully saturated rings. The molecule has 1 N–H and O–H groups in total. The fourth-order valence-electron chi connectivity index (χ4n) is 2.67. The Morgan fingerprint density at radius 3 is 2.57 bits per heavy atom. The number of nitrogens with zero attached hydrogens (tertiary/aromatic N) is 1. The lowest BCUT2D eigenvalue weighted by molar-refractivity contribution is 0.0324. The average Bonchev–Trinajstić information content (AvgIpc) is 2.88. The van der Waals surface area contributed by atoms with Crippen molar-refractivity contribution in [3.8, 4) is 0 Å². The van der Waals surface area contributed by atoms with Crippen LogP contribution in [0.15, 0.2) is 6.07 Å². The lowest BCUT2D eigenvalue weighted by Crippen LogP contribution is -2.41. The molecule has 6 heteroatoms. The van der Waals surface area contributed by atoms with Gasteiger partial charge in [-0.05, 0) is 44.2 Å². The third-order valence-electron chi connectivity index (χ3n) is 4.20. The number of thiophene rings is 1. The van der Waals surface area contributed by atoms with Gasteiger partial charge in [0.2, 0.25) is 0 Å². The number of aromatic carboxylic acids is 1. The fraction of sp³-hybridized carbons (Fsp3) is 0.600. The summed E-state index contributed by atoms with van der Waals surface area (Å²) in [4.78, 5) is 26.1. The molecular weight excluding hydrogens is 290 g/mol. The Labute approximate surface area is 128 Å². The molecule has 2 rings (SSSR count). The highest BCUT2D eigenvalue weighted by molar-refractivity contribution is 7.16. The van der Waals surface area contributed by atoms with Crippen molar-refractivity contribution in [2.45, 2.75) is 32.7 Å². The Morgan fingerprint density at radius 1 is 1.43 bits per heavy atom. The average molecular weight is 311 g/mol. The van der Waals surface area contributed by atoms with Gasteiger partial charge < -0.3 is 14.7 Å². The van der Waals surface area contributed by atoms with Crippen molar-refractivity contribution in [3.63, 3.8) is 0 Å². The van der Waals surface area contributed by atoms with Crippen LogP contribution in [-0.4, -0.2) is 48.2 Å². The topological polar surface area (TPSA) is 66.8 Å². The van der Waals surface area contributed by atoms with Crippen molar-refractivity contribution >= 4 is 23.2 Å². The molecule has 2 heterocycles. The number of carboxylic acids is 1. The monoisotopic (exact) mass is 311 g/mol. The summed E-state index contributed by atoms with van der Waals surface area (Å²) in [5.74, 6) is -0.640. The molecule has 5 nitrogen and oxygen atoms in total. The molecule has 1 unspecified atom stereocenters. The molecule has 0 radical (unpaired) electrons. The van der Waals surface area contributed by atoms with Crippen LogP contribution in [0, 0.1) is 12.8 Å². The number of rotatable bonds is 4. The Kier molecular flexibility index (Phi) is 5.00. The van der Waals surface area contributed by atoms with Crippen molar-refractivity contribution in [1.29, 1.82) is 0 Å². The summed E-state index contributed by atoms with van der Waals surface area (Å²) in [6, 6.07) is 1.79. The van der Waals surface area contributed by atoms with Gasteiger partial charge in [-0.2, -0.15) is 0 Å². The molecule has 0 spiro atoms. The van der Waals surface area contributed by atoms with Gasteiger partial charge in [-0.1, -0.05) is 0 Å². The number of carbonyl (C=O) groups excluding carboxylic acids is 1. The third-order valence-corrected chi connectivity index (χ3v) is 5.42. The Balaban J connectivity index is 2.11. The zero-order valence-corrected chi connectivity index (χ0v) is 13.4. The lowest BCUT2D eigenvalue weighted by Gasteiger charge is -2.34. The number of carbonyl (C=O) groups is 2. The lowest BCUT2D eigenvalue weighted by atomic mass is 9.92. The smallest absolute Gasteiger partial charge is 0.346 e. The maximum absolute atomic E-state index is 12.5. The molecule has 1 aliphatic heterocycles. The van der Waals surface area contributed by atoms with Gasteiger partial charge in [-0.15, -0.1) is 11.3 Å². The van der Waals surface area contributed by atoms with Gasteiger partial charge in [0.15, 0.2) is 0 Å². The van der Waals surface area contributed by atoms with Crippen LogP contribution >= 0.6 is 11.3 Å². The third kappa shape index (κ3) is 3.44. The predicted octanol–water partition coefficient (Wildman–Crippen LogP) is 2.64. The molecule has 0 aliphatic carbocycles. The van der Waals surface area contributed by atoms with E-state index in [4.69, 9.17) is 9.84 Å². The van der Waals surface area contributed by atoms with Crippen LogP contribution < -0.4 is 0 Å². The molecule has 0 saturated carbocycles. The largest absolute Gasteiger partial charge is 0.477 e. The molecule has 1 aromatic rings. The SMILES string of the molecule is Cc1cc(C(=O)N(C)C(C)C2CCOCC2)sc1C(=O)O. The molecule has 0 bridgehead atoms. The van der Waals surface area contributed by atoms with E-state index in [1.807, 2.05) is 6.92 Å². The van der Waals surface area contributed by atoms with Crippen molar-refractivity contribution in [2.75, 3.05) is 20.3 Å². The normalized spacial score (nSPS) is 17.5. The van der Waals surface area contributed by atoms with Crippen LogP contribution in [0.4, 0.5) is 0 Å². The highest BCUT2D eigenvalue weighted by Crippen LogP contribution is 2.26. The molecule has 116 valence electrons. The van der Waals surface area contributed by atoms with E-state index in [0.29, 0.717) is 16.4 Å². The first-order valence-corrected chi connectivity index (χ1v) is 7.92. The van der Waals surface area contributed by atoms with Gasteiger partial charge in [-0.25, -0.2) is 4.79 Å². The van der Waals surface area contributed by atoms with Crippen LogP contribution in [0.1, 0.15) is 44.7 Å². The predicted molar refractivity (Wildman–Crippen MR) is 81.1 cm³/mol. The van der Waals surface area contributed by atoms with E-state index in [1.54, 1.807) is 24.9 Å². The van der Waals surface area contributed by atoms with Crippen molar-refractivity contribution in [2.24, 2.45) is 5.92 Å². The Hall–Kier alpha value is -1.40. The molecule has 1 atom stereocenters. The fourth-order valence-corrected chi connectivity index (χ4v) is 3.67. The highest BCUT2D eigenvalue weighted by atomic mass is 32.1. The second-order valence-corrected chi connectivity index (χ2v) is 6.59. The molecule has 1 saturated heterocycles. The first-order chi connectivity index (χ1) is 9.91. The summed E-state index contributed by atoms with van der Waals surface area (Å²) in [6.45, 7) is 5.27. The zero-order chi connectivity index (χ0) is 15.6.